The van der Waals surface area contributed by atoms with Crippen LogP contribution in [0.5, 0.6) is 0 Å². The summed E-state index contributed by atoms with van der Waals surface area (Å²) in [5.74, 6) is 0.259. The molecule has 0 amide bonds. The second-order valence-corrected chi connectivity index (χ2v) is 4.37. The third-order valence-corrected chi connectivity index (χ3v) is 2.88. The fourth-order valence-corrected chi connectivity index (χ4v) is 1.84. The number of hydrogen-bond acceptors (Lipinski definition) is 4. The van der Waals surface area contributed by atoms with E-state index in [1.54, 1.807) is 35.8 Å². The Morgan fingerprint density at radius 1 is 1.32 bits per heavy atom. The van der Waals surface area contributed by atoms with E-state index in [2.05, 4.69) is 10.2 Å². The summed E-state index contributed by atoms with van der Waals surface area (Å²) in [6.07, 6.45) is -0.695. The van der Waals surface area contributed by atoms with Gasteiger partial charge in [0.2, 0.25) is 0 Å². The number of aliphatic hydroxyl groups is 1. The molecule has 6 heteroatoms. The van der Waals surface area contributed by atoms with Gasteiger partial charge in [-0.05, 0) is 31.5 Å². The van der Waals surface area contributed by atoms with Gasteiger partial charge in [0.25, 0.3) is 0 Å². The number of hydrogen-bond donors (Lipinski definition) is 2. The summed E-state index contributed by atoms with van der Waals surface area (Å²) in [5.41, 5.74) is 1.18. The normalized spacial score (nSPS) is 12.4. The Bertz CT molecular complexity index is 588. The molecule has 6 nitrogen and oxygen atoms in total. The molecule has 1 aromatic carbocycles. The van der Waals surface area contributed by atoms with E-state index in [1.165, 1.54) is 0 Å². The van der Waals surface area contributed by atoms with Crippen LogP contribution in [-0.2, 0) is 6.54 Å². The SMILES string of the molecule is Cc1nnc(C(C)O)n1Cc1ccc(C(=O)O)cc1. The van der Waals surface area contributed by atoms with Gasteiger partial charge in [-0.15, -0.1) is 10.2 Å². The standard InChI is InChI=1S/C13H15N3O3/c1-8(17)12-15-14-9(2)16(12)7-10-3-5-11(6-4-10)13(18)19/h3-6,8,17H,7H2,1-2H3,(H,18,19). The van der Waals surface area contributed by atoms with Crippen LogP contribution in [0.15, 0.2) is 24.3 Å². The molecule has 2 rings (SSSR count). The average molecular weight is 261 g/mol. The largest absolute Gasteiger partial charge is 0.478 e. The third kappa shape index (κ3) is 2.79. The molecule has 0 saturated carbocycles. The Hall–Kier alpha value is -2.21. The number of rotatable bonds is 4. The maximum absolute atomic E-state index is 10.8. The van der Waals surface area contributed by atoms with E-state index >= 15 is 0 Å². The number of carboxylic acid groups (broad SMARTS) is 1. The van der Waals surface area contributed by atoms with E-state index in [0.29, 0.717) is 18.2 Å². The first-order valence-corrected chi connectivity index (χ1v) is 5.89. The van der Waals surface area contributed by atoms with Crippen molar-refractivity contribution in [3.63, 3.8) is 0 Å². The van der Waals surface area contributed by atoms with Crippen LogP contribution in [0.25, 0.3) is 0 Å². The summed E-state index contributed by atoms with van der Waals surface area (Å²) in [4.78, 5) is 10.8. The molecule has 0 saturated heterocycles. The predicted molar refractivity (Wildman–Crippen MR) is 67.9 cm³/mol. The number of aromatic carboxylic acids is 1. The molecule has 0 radical (unpaired) electrons. The number of carboxylic acids is 1. The van der Waals surface area contributed by atoms with Crippen molar-refractivity contribution in [1.29, 1.82) is 0 Å². The lowest BCUT2D eigenvalue weighted by Gasteiger charge is -2.10. The van der Waals surface area contributed by atoms with Gasteiger partial charge in [-0.2, -0.15) is 0 Å². The smallest absolute Gasteiger partial charge is 0.335 e. The van der Waals surface area contributed by atoms with E-state index in [-0.39, 0.29) is 5.56 Å². The number of aryl methyl sites for hydroxylation is 1. The van der Waals surface area contributed by atoms with Gasteiger partial charge in [0.1, 0.15) is 11.9 Å². The van der Waals surface area contributed by atoms with Crippen molar-refractivity contribution in [3.05, 3.63) is 47.0 Å². The highest BCUT2D eigenvalue weighted by molar-refractivity contribution is 5.87. The predicted octanol–water partition coefficient (Wildman–Crippen LogP) is 1.39. The summed E-state index contributed by atoms with van der Waals surface area (Å²) >= 11 is 0. The summed E-state index contributed by atoms with van der Waals surface area (Å²) in [6, 6.07) is 6.60. The maximum Gasteiger partial charge on any atom is 0.335 e. The van der Waals surface area contributed by atoms with Gasteiger partial charge in [-0.1, -0.05) is 12.1 Å². The Morgan fingerprint density at radius 3 is 2.47 bits per heavy atom. The third-order valence-electron chi connectivity index (χ3n) is 2.88. The molecular weight excluding hydrogens is 246 g/mol. The van der Waals surface area contributed by atoms with Gasteiger partial charge < -0.3 is 14.8 Å². The topological polar surface area (TPSA) is 88.2 Å². The highest BCUT2D eigenvalue weighted by Crippen LogP contribution is 2.14. The molecule has 2 N–H and O–H groups in total. The second-order valence-electron chi connectivity index (χ2n) is 4.37. The van der Waals surface area contributed by atoms with Gasteiger partial charge in [0, 0.05) is 0 Å². The van der Waals surface area contributed by atoms with E-state index in [4.69, 9.17) is 5.11 Å². The van der Waals surface area contributed by atoms with Crippen molar-refractivity contribution in [2.75, 3.05) is 0 Å². The van der Waals surface area contributed by atoms with Crippen molar-refractivity contribution in [1.82, 2.24) is 14.8 Å². The second kappa shape index (κ2) is 5.19. The minimum absolute atomic E-state index is 0.250. The fourth-order valence-electron chi connectivity index (χ4n) is 1.84. The van der Waals surface area contributed by atoms with Gasteiger partial charge in [0.05, 0.1) is 12.1 Å². The van der Waals surface area contributed by atoms with Crippen LogP contribution >= 0.6 is 0 Å². The summed E-state index contributed by atoms with van der Waals surface area (Å²) in [6.45, 7) is 3.94. The van der Waals surface area contributed by atoms with Crippen LogP contribution < -0.4 is 0 Å². The fraction of sp³-hybridized carbons (Fsp3) is 0.308. The first-order valence-electron chi connectivity index (χ1n) is 5.89. The monoisotopic (exact) mass is 261 g/mol. The van der Waals surface area contributed by atoms with E-state index in [9.17, 15) is 9.90 Å². The minimum atomic E-state index is -0.948. The first-order chi connectivity index (χ1) is 8.99. The highest BCUT2D eigenvalue weighted by Gasteiger charge is 2.13. The van der Waals surface area contributed by atoms with E-state index in [1.807, 2.05) is 6.92 Å². The zero-order valence-corrected chi connectivity index (χ0v) is 10.7. The van der Waals surface area contributed by atoms with Crippen molar-refractivity contribution in [3.8, 4) is 0 Å². The molecule has 0 aliphatic carbocycles. The number of aliphatic hydroxyl groups excluding tert-OH is 1. The Labute approximate surface area is 110 Å². The molecule has 0 bridgehead atoms. The quantitative estimate of drug-likeness (QED) is 0.868. The zero-order chi connectivity index (χ0) is 14.0. The first kappa shape index (κ1) is 13.2. The van der Waals surface area contributed by atoms with Gasteiger partial charge in [-0.3, -0.25) is 0 Å². The summed E-state index contributed by atoms with van der Waals surface area (Å²) < 4.78 is 1.81. The molecule has 19 heavy (non-hydrogen) atoms. The number of benzene rings is 1. The van der Waals surface area contributed by atoms with Crippen molar-refractivity contribution < 1.29 is 15.0 Å². The van der Waals surface area contributed by atoms with Gasteiger partial charge >= 0.3 is 5.97 Å². The summed E-state index contributed by atoms with van der Waals surface area (Å²) in [7, 11) is 0. The van der Waals surface area contributed by atoms with E-state index in [0.717, 1.165) is 5.56 Å². The molecule has 1 unspecified atom stereocenters. The van der Waals surface area contributed by atoms with Crippen LogP contribution in [0.3, 0.4) is 0 Å². The van der Waals surface area contributed by atoms with Crippen molar-refractivity contribution in [2.24, 2.45) is 0 Å². The Kier molecular flexibility index (Phi) is 3.62. The Balaban J connectivity index is 2.26. The van der Waals surface area contributed by atoms with Gasteiger partial charge in [0.15, 0.2) is 5.82 Å². The maximum atomic E-state index is 10.8. The lowest BCUT2D eigenvalue weighted by molar-refractivity contribution is 0.0697. The summed E-state index contributed by atoms with van der Waals surface area (Å²) in [5, 5.41) is 26.3. The molecule has 2 aromatic rings. The van der Waals surface area contributed by atoms with Crippen LogP contribution in [-0.4, -0.2) is 30.9 Å². The van der Waals surface area contributed by atoms with Gasteiger partial charge in [-0.25, -0.2) is 4.79 Å². The molecule has 0 spiro atoms. The number of nitrogens with zero attached hydrogens (tertiary/aromatic N) is 3. The minimum Gasteiger partial charge on any atom is -0.478 e. The molecule has 100 valence electrons. The van der Waals surface area contributed by atoms with Crippen LogP contribution in [0.2, 0.25) is 0 Å². The molecular formula is C13H15N3O3. The highest BCUT2D eigenvalue weighted by atomic mass is 16.4. The number of aromatic nitrogens is 3. The van der Waals surface area contributed by atoms with Crippen LogP contribution in [0, 0.1) is 6.92 Å². The lowest BCUT2D eigenvalue weighted by Crippen LogP contribution is -2.09. The van der Waals surface area contributed by atoms with Crippen molar-refractivity contribution in [2.45, 2.75) is 26.5 Å². The number of carbonyl (C=O) groups is 1. The Morgan fingerprint density at radius 2 is 1.95 bits per heavy atom. The van der Waals surface area contributed by atoms with Crippen LogP contribution in [0.4, 0.5) is 0 Å². The molecule has 1 aromatic heterocycles. The molecule has 1 atom stereocenters. The molecule has 0 aliphatic rings. The molecule has 1 heterocycles. The lowest BCUT2D eigenvalue weighted by atomic mass is 10.1. The van der Waals surface area contributed by atoms with E-state index < -0.39 is 12.1 Å². The molecule has 0 aliphatic heterocycles. The molecule has 0 fully saturated rings. The average Bonchev–Trinajstić information content (AvgIpc) is 2.72. The zero-order valence-electron chi connectivity index (χ0n) is 10.7. The van der Waals surface area contributed by atoms with Crippen LogP contribution in [0.1, 0.15) is 40.6 Å². The van der Waals surface area contributed by atoms with Crippen molar-refractivity contribution >= 4 is 5.97 Å².